The lowest BCUT2D eigenvalue weighted by atomic mass is 10.1. The summed E-state index contributed by atoms with van der Waals surface area (Å²) in [4.78, 5) is 24.8. The Kier molecular flexibility index (Phi) is 7.82. The van der Waals surface area contributed by atoms with Crippen LogP contribution in [-0.4, -0.2) is 30.2 Å². The van der Waals surface area contributed by atoms with Gasteiger partial charge in [0, 0.05) is 29.1 Å². The van der Waals surface area contributed by atoms with Crippen LogP contribution in [0.25, 0.3) is 0 Å². The van der Waals surface area contributed by atoms with Gasteiger partial charge in [-0.2, -0.15) is 0 Å². The number of hydrogen-bond acceptors (Lipinski definition) is 3. The van der Waals surface area contributed by atoms with E-state index in [2.05, 4.69) is 10.6 Å². The zero-order chi connectivity index (χ0) is 18.1. The average molecular weight is 377 g/mol. The van der Waals surface area contributed by atoms with Crippen molar-refractivity contribution >= 4 is 35.2 Å². The second kappa shape index (κ2) is 10.1. The molecular formula is C19H21ClN2O2S. The minimum Gasteiger partial charge on any atom is -0.354 e. The van der Waals surface area contributed by atoms with E-state index in [0.29, 0.717) is 17.3 Å². The molecule has 0 aromatic heterocycles. The van der Waals surface area contributed by atoms with E-state index < -0.39 is 6.04 Å². The summed E-state index contributed by atoms with van der Waals surface area (Å²) in [5, 5.41) is 6.27. The largest absolute Gasteiger partial charge is 0.354 e. The Morgan fingerprint density at radius 1 is 1.08 bits per heavy atom. The van der Waals surface area contributed by atoms with Crippen molar-refractivity contribution in [1.82, 2.24) is 10.6 Å². The summed E-state index contributed by atoms with van der Waals surface area (Å²) < 4.78 is 0. The molecule has 2 aromatic rings. The third-order valence-electron chi connectivity index (χ3n) is 3.48. The molecule has 25 heavy (non-hydrogen) atoms. The van der Waals surface area contributed by atoms with Crippen LogP contribution in [0.5, 0.6) is 0 Å². The number of carbonyl (C=O) groups is 2. The van der Waals surface area contributed by atoms with Crippen LogP contribution >= 0.6 is 23.4 Å². The van der Waals surface area contributed by atoms with Gasteiger partial charge in [0.25, 0.3) is 0 Å². The molecule has 0 heterocycles. The first-order chi connectivity index (χ1) is 12.0. The fourth-order valence-electron chi connectivity index (χ4n) is 2.24. The molecule has 0 saturated heterocycles. The second-order valence-electron chi connectivity index (χ2n) is 5.54. The highest BCUT2D eigenvalue weighted by molar-refractivity contribution is 7.99. The van der Waals surface area contributed by atoms with Crippen molar-refractivity contribution in [3.8, 4) is 0 Å². The number of rotatable bonds is 8. The molecule has 0 aliphatic heterocycles. The van der Waals surface area contributed by atoms with Crippen LogP contribution in [0.3, 0.4) is 0 Å². The Bertz CT molecular complexity index is 692. The van der Waals surface area contributed by atoms with Gasteiger partial charge in [-0.05, 0) is 36.2 Å². The van der Waals surface area contributed by atoms with Crippen molar-refractivity contribution in [3.63, 3.8) is 0 Å². The summed E-state index contributed by atoms with van der Waals surface area (Å²) in [6.45, 7) is 1.95. The Morgan fingerprint density at radius 3 is 2.40 bits per heavy atom. The number of nitrogens with one attached hydrogen (secondary N) is 2. The maximum Gasteiger partial charge on any atom is 0.243 e. The number of amides is 2. The maximum absolute atomic E-state index is 12.4. The van der Waals surface area contributed by atoms with Gasteiger partial charge in [0.2, 0.25) is 11.8 Å². The number of thioether (sulfide) groups is 1. The molecular weight excluding hydrogens is 356 g/mol. The predicted molar refractivity (Wildman–Crippen MR) is 103 cm³/mol. The fourth-order valence-corrected chi connectivity index (χ4v) is 3.28. The summed E-state index contributed by atoms with van der Waals surface area (Å²) in [6.07, 6.45) is 0.754. The first kappa shape index (κ1) is 19.3. The molecule has 2 N–H and O–H groups in total. The minimum absolute atomic E-state index is 0.174. The third kappa shape index (κ3) is 7.20. The smallest absolute Gasteiger partial charge is 0.243 e. The first-order valence-electron chi connectivity index (χ1n) is 8.01. The summed E-state index contributed by atoms with van der Waals surface area (Å²) in [5.41, 5.74) is 1.16. The molecule has 4 nitrogen and oxygen atoms in total. The zero-order valence-corrected chi connectivity index (χ0v) is 15.6. The van der Waals surface area contributed by atoms with Gasteiger partial charge in [0.15, 0.2) is 0 Å². The molecule has 2 aromatic carbocycles. The van der Waals surface area contributed by atoms with Crippen molar-refractivity contribution < 1.29 is 9.59 Å². The highest BCUT2D eigenvalue weighted by atomic mass is 35.5. The fraction of sp³-hybridized carbons (Fsp3) is 0.263. The molecule has 132 valence electrons. The van der Waals surface area contributed by atoms with Crippen molar-refractivity contribution in [1.29, 1.82) is 0 Å². The lowest BCUT2D eigenvalue weighted by Gasteiger charge is -2.17. The van der Waals surface area contributed by atoms with E-state index in [-0.39, 0.29) is 11.8 Å². The standard InChI is InChI=1S/C19H21ClN2O2S/c1-14(23)22-18(13-25-17-9-7-16(20)8-10-17)19(24)21-12-11-15-5-3-2-4-6-15/h2-10,18H,11-13H2,1H3,(H,21,24)(H,22,23). The molecule has 6 heteroatoms. The van der Waals surface area contributed by atoms with Gasteiger partial charge in [-0.3, -0.25) is 9.59 Å². The van der Waals surface area contributed by atoms with Crippen molar-refractivity contribution in [2.75, 3.05) is 12.3 Å². The molecule has 0 radical (unpaired) electrons. The van der Waals surface area contributed by atoms with Gasteiger partial charge in [0.05, 0.1) is 0 Å². The molecule has 0 bridgehead atoms. The lowest BCUT2D eigenvalue weighted by Crippen LogP contribution is -2.48. The summed E-state index contributed by atoms with van der Waals surface area (Å²) >= 11 is 7.37. The highest BCUT2D eigenvalue weighted by Crippen LogP contribution is 2.21. The van der Waals surface area contributed by atoms with E-state index in [1.54, 1.807) is 12.1 Å². The molecule has 0 fully saturated rings. The summed E-state index contributed by atoms with van der Waals surface area (Å²) in [5.74, 6) is 0.0609. The maximum atomic E-state index is 12.4. The normalized spacial score (nSPS) is 11.6. The monoisotopic (exact) mass is 376 g/mol. The molecule has 1 unspecified atom stereocenters. The van der Waals surface area contributed by atoms with E-state index in [1.807, 2.05) is 42.5 Å². The highest BCUT2D eigenvalue weighted by Gasteiger charge is 2.19. The van der Waals surface area contributed by atoms with Crippen LogP contribution in [0.4, 0.5) is 0 Å². The number of carbonyl (C=O) groups excluding carboxylic acids is 2. The molecule has 2 amide bonds. The van der Waals surface area contributed by atoms with Crippen LogP contribution in [0.1, 0.15) is 12.5 Å². The Labute approximate surface area is 157 Å². The SMILES string of the molecule is CC(=O)NC(CSc1ccc(Cl)cc1)C(=O)NCCc1ccccc1. The Morgan fingerprint density at radius 2 is 1.76 bits per heavy atom. The summed E-state index contributed by atoms with van der Waals surface area (Å²) in [6, 6.07) is 16.8. The number of halogens is 1. The van der Waals surface area contributed by atoms with Gasteiger partial charge < -0.3 is 10.6 Å². The van der Waals surface area contributed by atoms with Crippen molar-refractivity contribution in [3.05, 3.63) is 65.2 Å². The van der Waals surface area contributed by atoms with Gasteiger partial charge in [0.1, 0.15) is 6.04 Å². The topological polar surface area (TPSA) is 58.2 Å². The van der Waals surface area contributed by atoms with Crippen LogP contribution < -0.4 is 10.6 Å². The third-order valence-corrected chi connectivity index (χ3v) is 4.84. The molecule has 0 aliphatic carbocycles. The number of hydrogen-bond donors (Lipinski definition) is 2. The first-order valence-corrected chi connectivity index (χ1v) is 9.38. The molecule has 2 rings (SSSR count). The van der Waals surface area contributed by atoms with E-state index in [0.717, 1.165) is 16.9 Å². The van der Waals surface area contributed by atoms with E-state index in [9.17, 15) is 9.59 Å². The summed E-state index contributed by atoms with van der Waals surface area (Å²) in [7, 11) is 0. The van der Waals surface area contributed by atoms with Gasteiger partial charge in [-0.25, -0.2) is 0 Å². The second-order valence-corrected chi connectivity index (χ2v) is 7.07. The molecule has 1 atom stereocenters. The lowest BCUT2D eigenvalue weighted by molar-refractivity contribution is -0.127. The van der Waals surface area contributed by atoms with Crippen LogP contribution in [0.2, 0.25) is 5.02 Å². The average Bonchev–Trinajstić information content (AvgIpc) is 2.60. The van der Waals surface area contributed by atoms with E-state index in [1.165, 1.54) is 18.7 Å². The van der Waals surface area contributed by atoms with Gasteiger partial charge >= 0.3 is 0 Å². The van der Waals surface area contributed by atoms with Crippen LogP contribution in [0, 0.1) is 0 Å². The Hall–Kier alpha value is -1.98. The van der Waals surface area contributed by atoms with Crippen LogP contribution in [0.15, 0.2) is 59.5 Å². The predicted octanol–water partition coefficient (Wildman–Crippen LogP) is 3.30. The van der Waals surface area contributed by atoms with E-state index in [4.69, 9.17) is 11.6 Å². The molecule has 0 aliphatic rings. The Balaban J connectivity index is 1.85. The zero-order valence-electron chi connectivity index (χ0n) is 14.0. The molecule has 0 saturated carbocycles. The molecule has 0 spiro atoms. The van der Waals surface area contributed by atoms with Crippen molar-refractivity contribution in [2.24, 2.45) is 0 Å². The van der Waals surface area contributed by atoms with Crippen molar-refractivity contribution in [2.45, 2.75) is 24.3 Å². The quantitative estimate of drug-likeness (QED) is 0.695. The number of benzene rings is 2. The van der Waals surface area contributed by atoms with Gasteiger partial charge in [-0.15, -0.1) is 11.8 Å². The van der Waals surface area contributed by atoms with Gasteiger partial charge in [-0.1, -0.05) is 41.9 Å². The minimum atomic E-state index is -0.575. The van der Waals surface area contributed by atoms with E-state index >= 15 is 0 Å². The van der Waals surface area contributed by atoms with Crippen LogP contribution in [-0.2, 0) is 16.0 Å².